The van der Waals surface area contributed by atoms with Crippen LogP contribution in [-0.2, 0) is 20.7 Å². The summed E-state index contributed by atoms with van der Waals surface area (Å²) in [6.07, 6.45) is -0.400. The van der Waals surface area contributed by atoms with Crippen LogP contribution in [-0.4, -0.2) is 44.5 Å². The number of rotatable bonds is 5. The minimum atomic E-state index is -3.96. The van der Waals surface area contributed by atoms with Gasteiger partial charge in [-0.3, -0.25) is 4.18 Å². The van der Waals surface area contributed by atoms with E-state index in [-0.39, 0.29) is 4.90 Å². The lowest BCUT2D eigenvalue weighted by Crippen LogP contribution is -2.25. The average Bonchev–Trinajstić information content (AvgIpc) is 2.43. The highest BCUT2D eigenvalue weighted by Gasteiger charge is 2.25. The maximum atomic E-state index is 12.2. The topological polar surface area (TPSA) is 95.9 Å². The summed E-state index contributed by atoms with van der Waals surface area (Å²) in [6, 6.07) is 5.04. The van der Waals surface area contributed by atoms with Crippen molar-refractivity contribution in [3.63, 3.8) is 0 Å². The van der Waals surface area contributed by atoms with Crippen molar-refractivity contribution < 1.29 is 22.8 Å². The first kappa shape index (κ1) is 15.2. The standard InChI is InChI=1S/C13H19NO5S/c1-9-5-10-3-2-4-12(13(10)14-6-9)20(17,18)19-8-11(16)7-15/h2-4,9,11,14-16H,5-8H2,1H3/t9-,11?/m0/s1. The number of hydrogen-bond acceptors (Lipinski definition) is 6. The molecule has 6 nitrogen and oxygen atoms in total. The number of nitrogens with one attached hydrogen (secondary N) is 1. The fourth-order valence-electron chi connectivity index (χ4n) is 2.16. The van der Waals surface area contributed by atoms with Crippen LogP contribution in [0.2, 0.25) is 0 Å². The fraction of sp³-hybridized carbons (Fsp3) is 0.538. The molecule has 2 rings (SSSR count). The van der Waals surface area contributed by atoms with E-state index in [0.717, 1.165) is 12.0 Å². The van der Waals surface area contributed by atoms with Crippen LogP contribution in [0.15, 0.2) is 23.1 Å². The smallest absolute Gasteiger partial charge is 0.299 e. The van der Waals surface area contributed by atoms with Gasteiger partial charge in [0.05, 0.1) is 18.9 Å². The Morgan fingerprint density at radius 1 is 1.50 bits per heavy atom. The van der Waals surface area contributed by atoms with Crippen molar-refractivity contribution in [2.45, 2.75) is 24.3 Å². The Balaban J connectivity index is 2.26. The monoisotopic (exact) mass is 301 g/mol. The summed E-state index contributed by atoms with van der Waals surface area (Å²) >= 11 is 0. The van der Waals surface area contributed by atoms with E-state index in [2.05, 4.69) is 12.2 Å². The number of aliphatic hydroxyl groups is 2. The fourth-order valence-corrected chi connectivity index (χ4v) is 3.33. The summed E-state index contributed by atoms with van der Waals surface area (Å²) in [4.78, 5) is 0.0760. The summed E-state index contributed by atoms with van der Waals surface area (Å²) in [7, 11) is -3.96. The maximum Gasteiger partial charge on any atom is 0.299 e. The van der Waals surface area contributed by atoms with E-state index < -0.39 is 29.4 Å². The van der Waals surface area contributed by atoms with E-state index in [1.165, 1.54) is 6.07 Å². The molecule has 0 bridgehead atoms. The molecule has 20 heavy (non-hydrogen) atoms. The second kappa shape index (κ2) is 6.09. The quantitative estimate of drug-likeness (QED) is 0.679. The van der Waals surface area contributed by atoms with Gasteiger partial charge in [-0.1, -0.05) is 19.1 Å². The number of benzene rings is 1. The van der Waals surface area contributed by atoms with Gasteiger partial charge in [-0.15, -0.1) is 0 Å². The second-order valence-corrected chi connectivity index (χ2v) is 6.64. The van der Waals surface area contributed by atoms with Crippen LogP contribution in [0.1, 0.15) is 12.5 Å². The normalized spacial score (nSPS) is 20.1. The largest absolute Gasteiger partial charge is 0.394 e. The molecular formula is C13H19NO5S. The molecular weight excluding hydrogens is 282 g/mol. The molecule has 3 N–H and O–H groups in total. The van der Waals surface area contributed by atoms with Gasteiger partial charge in [0.25, 0.3) is 10.1 Å². The van der Waals surface area contributed by atoms with Gasteiger partial charge in [-0.05, 0) is 24.0 Å². The zero-order chi connectivity index (χ0) is 14.8. The summed E-state index contributed by atoms with van der Waals surface area (Å²) in [5.74, 6) is 0.442. The minimum absolute atomic E-state index is 0.0760. The Kier molecular flexibility index (Phi) is 4.64. The Bertz CT molecular complexity index is 572. The molecule has 112 valence electrons. The number of hydrogen-bond donors (Lipinski definition) is 3. The molecule has 0 saturated heterocycles. The van der Waals surface area contributed by atoms with E-state index in [0.29, 0.717) is 18.2 Å². The lowest BCUT2D eigenvalue weighted by molar-refractivity contribution is 0.0557. The zero-order valence-electron chi connectivity index (χ0n) is 11.2. The van der Waals surface area contributed by atoms with E-state index >= 15 is 0 Å². The molecule has 2 atom stereocenters. The van der Waals surface area contributed by atoms with Crippen molar-refractivity contribution in [3.05, 3.63) is 23.8 Å². The van der Waals surface area contributed by atoms with Crippen LogP contribution in [0.3, 0.4) is 0 Å². The Morgan fingerprint density at radius 3 is 2.95 bits per heavy atom. The molecule has 1 heterocycles. The van der Waals surface area contributed by atoms with E-state index in [9.17, 15) is 13.5 Å². The lowest BCUT2D eigenvalue weighted by atomic mass is 9.96. The molecule has 1 aromatic carbocycles. The Morgan fingerprint density at radius 2 is 2.25 bits per heavy atom. The third-order valence-corrected chi connectivity index (χ3v) is 4.53. The molecule has 0 aromatic heterocycles. The van der Waals surface area contributed by atoms with E-state index in [1.807, 2.05) is 6.07 Å². The first-order valence-electron chi connectivity index (χ1n) is 6.48. The van der Waals surface area contributed by atoms with E-state index in [1.54, 1.807) is 6.07 Å². The van der Waals surface area contributed by atoms with Crippen LogP contribution < -0.4 is 5.32 Å². The summed E-state index contributed by atoms with van der Waals surface area (Å²) in [6.45, 7) is 1.79. The van der Waals surface area contributed by atoms with E-state index in [4.69, 9.17) is 9.29 Å². The number of anilines is 1. The van der Waals surface area contributed by atoms with Gasteiger partial charge in [0.15, 0.2) is 0 Å². The molecule has 0 radical (unpaired) electrons. The average molecular weight is 301 g/mol. The zero-order valence-corrected chi connectivity index (χ0v) is 12.1. The number of fused-ring (bicyclic) bond motifs is 1. The van der Waals surface area contributed by atoms with Crippen molar-refractivity contribution in [2.24, 2.45) is 5.92 Å². The summed E-state index contributed by atoms with van der Waals surface area (Å²) < 4.78 is 29.1. The lowest BCUT2D eigenvalue weighted by Gasteiger charge is -2.25. The van der Waals surface area contributed by atoms with Gasteiger partial charge in [-0.25, -0.2) is 0 Å². The van der Waals surface area contributed by atoms with Gasteiger partial charge in [-0.2, -0.15) is 8.42 Å². The van der Waals surface area contributed by atoms with Gasteiger partial charge < -0.3 is 15.5 Å². The molecule has 1 aromatic rings. The van der Waals surface area contributed by atoms with Gasteiger partial charge in [0.2, 0.25) is 0 Å². The predicted molar refractivity (Wildman–Crippen MR) is 74.0 cm³/mol. The van der Waals surface area contributed by atoms with Crippen LogP contribution in [0, 0.1) is 5.92 Å². The van der Waals surface area contributed by atoms with Crippen LogP contribution in [0.4, 0.5) is 5.69 Å². The Hall–Kier alpha value is -1.15. The summed E-state index contributed by atoms with van der Waals surface area (Å²) in [5.41, 5.74) is 1.51. The van der Waals surface area contributed by atoms with Crippen molar-refractivity contribution in [1.29, 1.82) is 0 Å². The number of aliphatic hydroxyl groups excluding tert-OH is 2. The predicted octanol–water partition coefficient (Wildman–Crippen LogP) is 0.349. The molecule has 7 heteroatoms. The van der Waals surface area contributed by atoms with Gasteiger partial charge in [0, 0.05) is 6.54 Å². The van der Waals surface area contributed by atoms with Gasteiger partial charge >= 0.3 is 0 Å². The highest BCUT2D eigenvalue weighted by Crippen LogP contribution is 2.32. The third-order valence-electron chi connectivity index (χ3n) is 3.20. The van der Waals surface area contributed by atoms with Crippen molar-refractivity contribution >= 4 is 15.8 Å². The third kappa shape index (κ3) is 3.29. The first-order chi connectivity index (χ1) is 9.44. The first-order valence-corrected chi connectivity index (χ1v) is 7.89. The number of para-hydroxylation sites is 1. The highest BCUT2D eigenvalue weighted by molar-refractivity contribution is 7.87. The molecule has 1 unspecified atom stereocenters. The molecule has 0 saturated carbocycles. The Labute approximate surface area is 118 Å². The molecule has 1 aliphatic rings. The molecule has 0 spiro atoms. The second-order valence-electron chi connectivity index (χ2n) is 5.06. The molecule has 0 amide bonds. The minimum Gasteiger partial charge on any atom is -0.394 e. The summed E-state index contributed by atoms with van der Waals surface area (Å²) in [5, 5.41) is 21.0. The van der Waals surface area contributed by atoms with Crippen LogP contribution in [0.25, 0.3) is 0 Å². The van der Waals surface area contributed by atoms with Crippen molar-refractivity contribution in [3.8, 4) is 0 Å². The van der Waals surface area contributed by atoms with Crippen LogP contribution >= 0.6 is 0 Å². The molecule has 0 fully saturated rings. The SMILES string of the molecule is C[C@@H]1CNc2c(cccc2S(=O)(=O)OCC(O)CO)C1. The van der Waals surface area contributed by atoms with Crippen molar-refractivity contribution in [1.82, 2.24) is 0 Å². The molecule has 1 aliphatic heterocycles. The maximum absolute atomic E-state index is 12.2. The molecule has 0 aliphatic carbocycles. The highest BCUT2D eigenvalue weighted by atomic mass is 32.2. The van der Waals surface area contributed by atoms with Gasteiger partial charge in [0.1, 0.15) is 11.0 Å². The van der Waals surface area contributed by atoms with Crippen molar-refractivity contribution in [2.75, 3.05) is 25.1 Å². The van der Waals surface area contributed by atoms with Crippen LogP contribution in [0.5, 0.6) is 0 Å².